The van der Waals surface area contributed by atoms with Gasteiger partial charge in [0.2, 0.25) is 5.91 Å². The van der Waals surface area contributed by atoms with Crippen molar-refractivity contribution in [1.82, 2.24) is 10.2 Å². The third kappa shape index (κ3) is 5.58. The van der Waals surface area contributed by atoms with E-state index in [1.807, 2.05) is 30.3 Å². The van der Waals surface area contributed by atoms with Crippen molar-refractivity contribution in [3.8, 4) is 5.75 Å². The maximum absolute atomic E-state index is 12.1. The van der Waals surface area contributed by atoms with E-state index in [0.29, 0.717) is 22.9 Å². The van der Waals surface area contributed by atoms with Gasteiger partial charge in [-0.05, 0) is 30.3 Å². The number of benzene rings is 2. The lowest BCUT2D eigenvalue weighted by molar-refractivity contribution is -0.113. The van der Waals surface area contributed by atoms with Crippen molar-refractivity contribution < 1.29 is 23.5 Å². The summed E-state index contributed by atoms with van der Waals surface area (Å²) in [5.41, 5.74) is 0.851. The fourth-order valence-electron chi connectivity index (χ4n) is 2.18. The van der Waals surface area contributed by atoms with Gasteiger partial charge in [0.05, 0.1) is 18.4 Å². The number of para-hydroxylation sites is 1. The van der Waals surface area contributed by atoms with Gasteiger partial charge < -0.3 is 19.2 Å². The van der Waals surface area contributed by atoms with Crippen LogP contribution in [0.15, 0.2) is 64.2 Å². The third-order valence-corrected chi connectivity index (χ3v) is 4.27. The molecule has 0 fully saturated rings. The maximum atomic E-state index is 12.1. The van der Waals surface area contributed by atoms with E-state index >= 15 is 0 Å². The lowest BCUT2D eigenvalue weighted by atomic mass is 10.2. The molecule has 0 aliphatic rings. The number of carbonyl (C=O) groups excluding carboxylic acids is 2. The highest BCUT2D eigenvalue weighted by Crippen LogP contribution is 2.18. The molecule has 0 bridgehead atoms. The molecule has 0 unspecified atom stereocenters. The zero-order valence-electron chi connectivity index (χ0n) is 15.0. The van der Waals surface area contributed by atoms with Crippen LogP contribution < -0.4 is 10.1 Å². The number of nitrogens with one attached hydrogen (secondary N) is 1. The number of aromatic nitrogens is 2. The molecule has 0 saturated carbocycles. The molecule has 144 valence electrons. The quantitative estimate of drug-likeness (QED) is 0.455. The fourth-order valence-corrected chi connectivity index (χ4v) is 2.76. The molecule has 3 rings (SSSR count). The third-order valence-electron chi connectivity index (χ3n) is 3.45. The highest BCUT2D eigenvalue weighted by Gasteiger charge is 2.12. The van der Waals surface area contributed by atoms with E-state index in [-0.39, 0.29) is 23.5 Å². The van der Waals surface area contributed by atoms with Crippen LogP contribution >= 0.6 is 11.8 Å². The lowest BCUT2D eigenvalue weighted by Crippen LogP contribution is -2.14. The molecule has 8 nitrogen and oxygen atoms in total. The molecule has 1 amide bonds. The maximum Gasteiger partial charge on any atom is 0.337 e. The first-order chi connectivity index (χ1) is 13.6. The van der Waals surface area contributed by atoms with Gasteiger partial charge in [0, 0.05) is 5.69 Å². The SMILES string of the molecule is COC(=O)c1cccc(NC(=O)CSc2nnc(COc3ccccc3)o2)c1. The number of hydrogen-bond acceptors (Lipinski definition) is 8. The molecule has 0 radical (unpaired) electrons. The summed E-state index contributed by atoms with van der Waals surface area (Å²) in [4.78, 5) is 23.6. The van der Waals surface area contributed by atoms with Gasteiger partial charge in [-0.2, -0.15) is 0 Å². The Labute approximate surface area is 165 Å². The van der Waals surface area contributed by atoms with Gasteiger partial charge in [0.25, 0.3) is 11.1 Å². The summed E-state index contributed by atoms with van der Waals surface area (Å²) in [5, 5.41) is 10.7. The molecule has 1 aromatic heterocycles. The number of hydrogen-bond donors (Lipinski definition) is 1. The molecule has 0 aliphatic heterocycles. The number of ether oxygens (including phenoxy) is 2. The molecule has 9 heteroatoms. The Bertz CT molecular complexity index is 946. The van der Waals surface area contributed by atoms with Crippen molar-refractivity contribution in [2.45, 2.75) is 11.8 Å². The van der Waals surface area contributed by atoms with E-state index in [4.69, 9.17) is 9.15 Å². The summed E-state index contributed by atoms with van der Waals surface area (Å²) >= 11 is 1.11. The standard InChI is InChI=1S/C19H17N3O5S/c1-25-18(24)13-6-5-7-14(10-13)20-16(23)12-28-19-22-21-17(27-19)11-26-15-8-3-2-4-9-15/h2-10H,11-12H2,1H3,(H,20,23). The zero-order chi connectivity index (χ0) is 19.8. The summed E-state index contributed by atoms with van der Waals surface area (Å²) in [5.74, 6) is 0.346. The second-order valence-corrected chi connectivity index (χ2v) is 6.40. The van der Waals surface area contributed by atoms with Crippen LogP contribution in [0.25, 0.3) is 0 Å². The first-order valence-electron chi connectivity index (χ1n) is 8.25. The molecule has 0 saturated heterocycles. The van der Waals surface area contributed by atoms with Crippen LogP contribution in [-0.4, -0.2) is 34.9 Å². The number of anilines is 1. The molecule has 0 spiro atoms. The molecule has 28 heavy (non-hydrogen) atoms. The monoisotopic (exact) mass is 399 g/mol. The Kier molecular flexibility index (Phi) is 6.64. The average molecular weight is 399 g/mol. The van der Waals surface area contributed by atoms with Crippen molar-refractivity contribution in [2.24, 2.45) is 0 Å². The molecule has 2 aromatic carbocycles. The van der Waals surface area contributed by atoms with Crippen LogP contribution in [0.3, 0.4) is 0 Å². The predicted molar refractivity (Wildman–Crippen MR) is 102 cm³/mol. The largest absolute Gasteiger partial charge is 0.484 e. The molecule has 0 atom stereocenters. The van der Waals surface area contributed by atoms with E-state index < -0.39 is 5.97 Å². The summed E-state index contributed by atoms with van der Waals surface area (Å²) in [7, 11) is 1.30. The number of rotatable bonds is 8. The summed E-state index contributed by atoms with van der Waals surface area (Å²) in [6.07, 6.45) is 0. The van der Waals surface area contributed by atoms with Gasteiger partial charge in [0.1, 0.15) is 5.75 Å². The zero-order valence-corrected chi connectivity index (χ0v) is 15.8. The Balaban J connectivity index is 1.47. The van der Waals surface area contributed by atoms with Gasteiger partial charge in [0.15, 0.2) is 6.61 Å². The van der Waals surface area contributed by atoms with Crippen LogP contribution in [-0.2, 0) is 16.1 Å². The molecule has 0 aliphatic carbocycles. The number of methoxy groups -OCH3 is 1. The van der Waals surface area contributed by atoms with Crippen LogP contribution in [0.5, 0.6) is 5.75 Å². The topological polar surface area (TPSA) is 104 Å². The average Bonchev–Trinajstić information content (AvgIpc) is 3.19. The van der Waals surface area contributed by atoms with Gasteiger partial charge in [-0.1, -0.05) is 36.0 Å². The van der Waals surface area contributed by atoms with Crippen molar-refractivity contribution >= 4 is 29.3 Å². The number of thioether (sulfide) groups is 1. The van der Waals surface area contributed by atoms with E-state index in [1.165, 1.54) is 7.11 Å². The number of nitrogens with zero attached hydrogens (tertiary/aromatic N) is 2. The Morgan fingerprint density at radius 3 is 2.71 bits per heavy atom. The lowest BCUT2D eigenvalue weighted by Gasteiger charge is -2.05. The van der Waals surface area contributed by atoms with E-state index in [9.17, 15) is 9.59 Å². The van der Waals surface area contributed by atoms with Crippen molar-refractivity contribution in [3.05, 3.63) is 66.1 Å². The number of esters is 1. The predicted octanol–water partition coefficient (Wildman–Crippen LogP) is 3.17. The second-order valence-electron chi connectivity index (χ2n) is 5.47. The smallest absolute Gasteiger partial charge is 0.337 e. The van der Waals surface area contributed by atoms with Gasteiger partial charge >= 0.3 is 5.97 Å². The van der Waals surface area contributed by atoms with Gasteiger partial charge in [-0.3, -0.25) is 4.79 Å². The van der Waals surface area contributed by atoms with Crippen LogP contribution in [0, 0.1) is 0 Å². The Morgan fingerprint density at radius 1 is 1.11 bits per heavy atom. The highest BCUT2D eigenvalue weighted by atomic mass is 32.2. The Hall–Kier alpha value is -3.33. The van der Waals surface area contributed by atoms with Crippen LogP contribution in [0.4, 0.5) is 5.69 Å². The summed E-state index contributed by atoms with van der Waals surface area (Å²) < 4.78 is 15.6. The second kappa shape index (κ2) is 9.56. The Morgan fingerprint density at radius 2 is 1.93 bits per heavy atom. The number of amides is 1. The molecule has 1 heterocycles. The van der Waals surface area contributed by atoms with Gasteiger partial charge in [-0.25, -0.2) is 4.79 Å². The normalized spacial score (nSPS) is 10.3. The molecular formula is C19H17N3O5S. The van der Waals surface area contributed by atoms with E-state index in [1.54, 1.807) is 24.3 Å². The minimum absolute atomic E-state index is 0.0730. The molecular weight excluding hydrogens is 382 g/mol. The van der Waals surface area contributed by atoms with Gasteiger partial charge in [-0.15, -0.1) is 10.2 Å². The minimum atomic E-state index is -0.471. The minimum Gasteiger partial charge on any atom is -0.484 e. The first-order valence-corrected chi connectivity index (χ1v) is 9.24. The first kappa shape index (κ1) is 19.4. The van der Waals surface area contributed by atoms with Crippen LogP contribution in [0.2, 0.25) is 0 Å². The van der Waals surface area contributed by atoms with Crippen molar-refractivity contribution in [3.63, 3.8) is 0 Å². The van der Waals surface area contributed by atoms with E-state index in [2.05, 4.69) is 20.3 Å². The van der Waals surface area contributed by atoms with Crippen molar-refractivity contribution in [1.29, 1.82) is 0 Å². The van der Waals surface area contributed by atoms with Crippen LogP contribution in [0.1, 0.15) is 16.2 Å². The van der Waals surface area contributed by atoms with Crippen molar-refractivity contribution in [2.75, 3.05) is 18.2 Å². The summed E-state index contributed by atoms with van der Waals surface area (Å²) in [6.45, 7) is 0.143. The molecule has 3 aromatic rings. The molecule has 1 N–H and O–H groups in total. The highest BCUT2D eigenvalue weighted by molar-refractivity contribution is 7.99. The van der Waals surface area contributed by atoms with E-state index in [0.717, 1.165) is 11.8 Å². The fraction of sp³-hybridized carbons (Fsp3) is 0.158. The number of carbonyl (C=O) groups is 2. The summed E-state index contributed by atoms with van der Waals surface area (Å²) in [6, 6.07) is 15.8.